The Kier molecular flexibility index (Phi) is 6.85. The molecule has 2 aromatic rings. The van der Waals surface area contributed by atoms with Crippen molar-refractivity contribution >= 4 is 27.1 Å². The second-order valence-electron chi connectivity index (χ2n) is 7.27. The van der Waals surface area contributed by atoms with Crippen LogP contribution in [-0.4, -0.2) is 38.1 Å². The molecule has 1 aromatic heterocycles. The largest absolute Gasteiger partial charge is 0.336 e. The highest BCUT2D eigenvalue weighted by Crippen LogP contribution is 2.34. The van der Waals surface area contributed by atoms with Gasteiger partial charge in [-0.05, 0) is 29.9 Å². The average molecular weight is 454 g/mol. The van der Waals surface area contributed by atoms with E-state index in [0.717, 1.165) is 11.3 Å². The SMILES string of the molecule is N#CC1(NC(=O)C(CS(=O)(=O)Cc2ccccc2)N[C@@H](c2cccs2)C(F)F)CC1. The summed E-state index contributed by atoms with van der Waals surface area (Å²) >= 11 is 1.09. The van der Waals surface area contributed by atoms with Gasteiger partial charge in [-0.15, -0.1) is 11.3 Å². The minimum absolute atomic E-state index is 0.296. The predicted molar refractivity (Wildman–Crippen MR) is 110 cm³/mol. The Hall–Kier alpha value is -2.35. The molecule has 0 spiro atoms. The standard InChI is InChI=1S/C20H21F2N3O3S2/c21-18(22)17(16-7-4-10-29-16)24-15(19(26)25-20(13-23)8-9-20)12-30(27,28)11-14-5-2-1-3-6-14/h1-7,10,15,17-18,24H,8-9,11-12H2,(H,25,26)/t15?,17-/m0/s1. The number of thiophene rings is 1. The number of hydrogen-bond acceptors (Lipinski definition) is 6. The van der Waals surface area contributed by atoms with Gasteiger partial charge in [0, 0.05) is 4.88 Å². The van der Waals surface area contributed by atoms with E-state index in [2.05, 4.69) is 10.6 Å². The van der Waals surface area contributed by atoms with Crippen LogP contribution in [-0.2, 0) is 20.4 Å². The zero-order valence-corrected chi connectivity index (χ0v) is 17.6. The normalized spacial score (nSPS) is 17.1. The lowest BCUT2D eigenvalue weighted by atomic mass is 10.2. The first-order valence-corrected chi connectivity index (χ1v) is 12.0. The smallest absolute Gasteiger partial charge is 0.258 e. The van der Waals surface area contributed by atoms with Crippen molar-refractivity contribution in [2.45, 2.75) is 42.6 Å². The van der Waals surface area contributed by atoms with E-state index in [1.165, 1.54) is 6.07 Å². The first-order valence-electron chi connectivity index (χ1n) is 9.29. The van der Waals surface area contributed by atoms with E-state index in [9.17, 15) is 27.3 Å². The van der Waals surface area contributed by atoms with Gasteiger partial charge in [-0.2, -0.15) is 5.26 Å². The van der Waals surface area contributed by atoms with E-state index >= 15 is 0 Å². The van der Waals surface area contributed by atoms with E-state index in [1.54, 1.807) is 41.8 Å². The highest BCUT2D eigenvalue weighted by Gasteiger charge is 2.46. The van der Waals surface area contributed by atoms with Crippen molar-refractivity contribution < 1.29 is 22.0 Å². The van der Waals surface area contributed by atoms with Crippen molar-refractivity contribution in [3.05, 3.63) is 58.3 Å². The molecule has 30 heavy (non-hydrogen) atoms. The van der Waals surface area contributed by atoms with Crippen molar-refractivity contribution in [1.82, 2.24) is 10.6 Å². The molecule has 1 saturated carbocycles. The van der Waals surface area contributed by atoms with Gasteiger partial charge >= 0.3 is 0 Å². The van der Waals surface area contributed by atoms with Crippen LogP contribution in [0.4, 0.5) is 8.78 Å². The number of nitrogens with one attached hydrogen (secondary N) is 2. The third-order valence-electron chi connectivity index (χ3n) is 4.78. The number of benzene rings is 1. The Morgan fingerprint density at radius 1 is 1.20 bits per heavy atom. The topological polar surface area (TPSA) is 99.1 Å². The number of nitrogens with zero attached hydrogens (tertiary/aromatic N) is 1. The highest BCUT2D eigenvalue weighted by molar-refractivity contribution is 7.90. The third-order valence-corrected chi connectivity index (χ3v) is 7.35. The molecule has 3 rings (SSSR count). The molecule has 2 atom stereocenters. The molecule has 0 radical (unpaired) electrons. The van der Waals surface area contributed by atoms with E-state index in [1.807, 2.05) is 6.07 Å². The second kappa shape index (κ2) is 9.20. The molecule has 2 N–H and O–H groups in total. The molecule has 1 fully saturated rings. The lowest BCUT2D eigenvalue weighted by Gasteiger charge is -2.25. The van der Waals surface area contributed by atoms with E-state index in [4.69, 9.17) is 0 Å². The van der Waals surface area contributed by atoms with E-state index in [0.29, 0.717) is 23.3 Å². The maximum Gasteiger partial charge on any atom is 0.258 e. The van der Waals surface area contributed by atoms with E-state index < -0.39 is 45.5 Å². The molecule has 1 aliphatic rings. The minimum atomic E-state index is -3.81. The fraction of sp³-hybridized carbons (Fsp3) is 0.400. The summed E-state index contributed by atoms with van der Waals surface area (Å²) in [5, 5.41) is 15.9. The van der Waals surface area contributed by atoms with E-state index in [-0.39, 0.29) is 5.75 Å². The van der Waals surface area contributed by atoms with Crippen molar-refractivity contribution in [3.8, 4) is 6.07 Å². The average Bonchev–Trinajstić information content (AvgIpc) is 3.26. The lowest BCUT2D eigenvalue weighted by molar-refractivity contribution is -0.123. The number of hydrogen-bond donors (Lipinski definition) is 2. The predicted octanol–water partition coefficient (Wildman–Crippen LogP) is 2.80. The first kappa shape index (κ1) is 22.3. The maximum absolute atomic E-state index is 13.7. The Labute approximate surface area is 177 Å². The summed E-state index contributed by atoms with van der Waals surface area (Å²) in [6.45, 7) is 0. The quantitative estimate of drug-likeness (QED) is 0.576. The second-order valence-corrected chi connectivity index (χ2v) is 10.4. The zero-order valence-electron chi connectivity index (χ0n) is 15.9. The van der Waals surface area contributed by atoms with Crippen molar-refractivity contribution in [2.24, 2.45) is 0 Å². The van der Waals surface area contributed by atoms with Gasteiger partial charge in [0.05, 0.1) is 17.6 Å². The maximum atomic E-state index is 13.7. The van der Waals surface area contributed by atoms with Crippen LogP contribution >= 0.6 is 11.3 Å². The Morgan fingerprint density at radius 3 is 2.43 bits per heavy atom. The molecule has 1 heterocycles. The van der Waals surface area contributed by atoms with Gasteiger partial charge < -0.3 is 5.32 Å². The van der Waals surface area contributed by atoms with Gasteiger partial charge in [-0.25, -0.2) is 17.2 Å². The third kappa shape index (κ3) is 5.84. The van der Waals surface area contributed by atoms with Crippen LogP contribution in [0.15, 0.2) is 47.8 Å². The van der Waals surface area contributed by atoms with Crippen LogP contribution in [0.1, 0.15) is 29.3 Å². The molecule has 10 heteroatoms. The van der Waals surface area contributed by atoms with Crippen molar-refractivity contribution in [3.63, 3.8) is 0 Å². The summed E-state index contributed by atoms with van der Waals surface area (Å²) in [6.07, 6.45) is -1.95. The van der Waals surface area contributed by atoms with Crippen molar-refractivity contribution in [1.29, 1.82) is 5.26 Å². The van der Waals surface area contributed by atoms with Gasteiger partial charge in [0.1, 0.15) is 17.6 Å². The number of halogens is 2. The van der Waals surface area contributed by atoms with Crippen LogP contribution < -0.4 is 10.6 Å². The molecule has 1 aromatic carbocycles. The summed E-state index contributed by atoms with van der Waals surface area (Å²) in [5.41, 5.74) is -0.500. The van der Waals surface area contributed by atoms with Gasteiger partial charge in [-0.3, -0.25) is 10.1 Å². The molecule has 6 nitrogen and oxygen atoms in total. The summed E-state index contributed by atoms with van der Waals surface area (Å²) in [4.78, 5) is 13.1. The monoisotopic (exact) mass is 453 g/mol. The van der Waals surface area contributed by atoms with Crippen LogP contribution in [0.2, 0.25) is 0 Å². The molecule has 1 amide bonds. The van der Waals surface area contributed by atoms with Gasteiger partial charge in [-0.1, -0.05) is 36.4 Å². The molecule has 0 aliphatic heterocycles. The Morgan fingerprint density at radius 2 is 1.90 bits per heavy atom. The van der Waals surface area contributed by atoms with Crippen LogP contribution in [0.25, 0.3) is 0 Å². The molecule has 0 bridgehead atoms. The number of sulfone groups is 1. The molecular formula is C20H21F2N3O3S2. The van der Waals surface area contributed by atoms with Crippen LogP contribution in [0.3, 0.4) is 0 Å². The van der Waals surface area contributed by atoms with Gasteiger partial charge in [0.25, 0.3) is 6.43 Å². The Bertz CT molecular complexity index is 1000. The molecule has 0 saturated heterocycles. The summed E-state index contributed by atoms with van der Waals surface area (Å²) in [5.74, 6) is -1.75. The number of alkyl halides is 2. The number of carbonyl (C=O) groups excluding carboxylic acids is 1. The van der Waals surface area contributed by atoms with Crippen LogP contribution in [0.5, 0.6) is 0 Å². The number of rotatable bonds is 10. The summed E-state index contributed by atoms with van der Waals surface area (Å²) in [7, 11) is -3.81. The molecule has 160 valence electrons. The number of nitriles is 1. The van der Waals surface area contributed by atoms with Gasteiger partial charge in [0.2, 0.25) is 5.91 Å². The minimum Gasteiger partial charge on any atom is -0.336 e. The van der Waals surface area contributed by atoms with Gasteiger partial charge in [0.15, 0.2) is 9.84 Å². The Balaban J connectivity index is 1.81. The molecular weight excluding hydrogens is 432 g/mol. The van der Waals surface area contributed by atoms with Crippen LogP contribution in [0, 0.1) is 11.3 Å². The summed E-state index contributed by atoms with van der Waals surface area (Å²) in [6, 6.07) is 10.6. The highest BCUT2D eigenvalue weighted by atomic mass is 32.2. The fourth-order valence-electron chi connectivity index (χ4n) is 3.02. The number of carbonyl (C=O) groups is 1. The molecule has 1 unspecified atom stereocenters. The lowest BCUT2D eigenvalue weighted by Crippen LogP contribution is -2.53. The first-order chi connectivity index (χ1) is 14.2. The molecule has 1 aliphatic carbocycles. The van der Waals surface area contributed by atoms with Crippen molar-refractivity contribution in [2.75, 3.05) is 5.75 Å². The number of amides is 1. The zero-order chi connectivity index (χ0) is 21.8. The summed E-state index contributed by atoms with van der Waals surface area (Å²) < 4.78 is 52.9. The fourth-order valence-corrected chi connectivity index (χ4v) is 5.38.